The van der Waals surface area contributed by atoms with Crippen molar-refractivity contribution in [1.82, 2.24) is 4.90 Å². The summed E-state index contributed by atoms with van der Waals surface area (Å²) < 4.78 is 11.6. The molecule has 0 radical (unpaired) electrons. The van der Waals surface area contributed by atoms with E-state index in [0.717, 1.165) is 41.1 Å². The monoisotopic (exact) mass is 380 g/mol. The molecule has 1 saturated carbocycles. The second-order valence-corrected chi connectivity index (χ2v) is 8.70. The maximum absolute atomic E-state index is 12.1. The van der Waals surface area contributed by atoms with E-state index in [4.69, 9.17) is 14.5 Å². The van der Waals surface area contributed by atoms with E-state index in [2.05, 4.69) is 11.0 Å². The lowest BCUT2D eigenvalue weighted by molar-refractivity contribution is -0.156. The van der Waals surface area contributed by atoms with Crippen LogP contribution in [0.3, 0.4) is 0 Å². The zero-order chi connectivity index (χ0) is 19.4. The van der Waals surface area contributed by atoms with Gasteiger partial charge in [0.25, 0.3) is 0 Å². The molecule has 5 fully saturated rings. The Morgan fingerprint density at radius 3 is 2.96 bits per heavy atom. The first kappa shape index (κ1) is 16.7. The number of esters is 1. The predicted molar refractivity (Wildman–Crippen MR) is 103 cm³/mol. The van der Waals surface area contributed by atoms with Crippen molar-refractivity contribution in [3.05, 3.63) is 35.4 Å². The van der Waals surface area contributed by atoms with E-state index in [0.29, 0.717) is 0 Å². The van der Waals surface area contributed by atoms with Crippen LogP contribution in [0.1, 0.15) is 32.3 Å². The van der Waals surface area contributed by atoms with Gasteiger partial charge in [0, 0.05) is 18.9 Å². The van der Waals surface area contributed by atoms with Crippen LogP contribution in [0.5, 0.6) is 5.75 Å². The summed E-state index contributed by atoms with van der Waals surface area (Å²) in [5.41, 5.74) is 3.79. The maximum atomic E-state index is 12.1. The molecule has 6 aliphatic rings. The van der Waals surface area contributed by atoms with Crippen LogP contribution in [-0.4, -0.2) is 53.2 Å². The summed E-state index contributed by atoms with van der Waals surface area (Å²) in [5, 5.41) is 11.1. The van der Waals surface area contributed by atoms with Crippen molar-refractivity contribution in [2.24, 2.45) is 16.8 Å². The zero-order valence-corrected chi connectivity index (χ0v) is 16.3. The first-order chi connectivity index (χ1) is 13.5. The highest BCUT2D eigenvalue weighted by Gasteiger charge is 2.75. The summed E-state index contributed by atoms with van der Waals surface area (Å²) >= 11 is 0. The number of hydrogen-bond acceptors (Lipinski definition) is 6. The smallest absolute Gasteiger partial charge is 0.302 e. The van der Waals surface area contributed by atoms with Gasteiger partial charge in [-0.1, -0.05) is 6.08 Å². The molecule has 5 bridgehead atoms. The fraction of sp³-hybridized carbons (Fsp3) is 0.545. The molecule has 0 amide bonds. The third-order valence-corrected chi connectivity index (χ3v) is 7.83. The Hall–Kier alpha value is -2.18. The molecule has 1 aliphatic carbocycles. The highest BCUT2D eigenvalue weighted by molar-refractivity contribution is 6.08. The minimum atomic E-state index is -0.565. The van der Waals surface area contributed by atoms with E-state index in [-0.39, 0.29) is 36.0 Å². The molecule has 1 aromatic rings. The highest BCUT2D eigenvalue weighted by Crippen LogP contribution is 2.67. The number of aliphatic imine (C=N–C) groups is 1. The Morgan fingerprint density at radius 1 is 1.43 bits per heavy atom. The third kappa shape index (κ3) is 1.68. The number of aliphatic hydroxyl groups is 1. The van der Waals surface area contributed by atoms with Gasteiger partial charge in [0.15, 0.2) is 0 Å². The van der Waals surface area contributed by atoms with Crippen LogP contribution in [0, 0.1) is 11.8 Å². The SMILES string of the molecule is CC=C1C2CC3C4=Nc5ccc(OC)cc5C45CC(C2C5OC(C)=O)N3C1O. The first-order valence-electron chi connectivity index (χ1n) is 10.1. The number of aliphatic hydroxyl groups excluding tert-OH is 1. The third-order valence-electron chi connectivity index (χ3n) is 7.83. The van der Waals surface area contributed by atoms with Gasteiger partial charge in [-0.3, -0.25) is 14.7 Å². The second-order valence-electron chi connectivity index (χ2n) is 8.70. The number of methoxy groups -OCH3 is 1. The number of allylic oxidation sites excluding steroid dienone is 1. The summed E-state index contributed by atoms with van der Waals surface area (Å²) in [6.07, 6.45) is 2.98. The largest absolute Gasteiger partial charge is 0.497 e. The average molecular weight is 380 g/mol. The van der Waals surface area contributed by atoms with Crippen molar-refractivity contribution in [2.45, 2.75) is 56.5 Å². The van der Waals surface area contributed by atoms with Crippen LogP contribution < -0.4 is 4.74 Å². The number of benzene rings is 1. The van der Waals surface area contributed by atoms with Crippen molar-refractivity contribution >= 4 is 17.4 Å². The number of fused-ring (bicyclic) bond motifs is 2. The number of piperidine rings is 4. The van der Waals surface area contributed by atoms with Gasteiger partial charge in [0.2, 0.25) is 0 Å². The number of nitrogens with zero attached hydrogens (tertiary/aromatic N) is 2. The van der Waals surface area contributed by atoms with Gasteiger partial charge in [0.1, 0.15) is 18.1 Å². The van der Waals surface area contributed by atoms with E-state index in [9.17, 15) is 9.90 Å². The summed E-state index contributed by atoms with van der Waals surface area (Å²) in [4.78, 5) is 19.4. The van der Waals surface area contributed by atoms with Gasteiger partial charge in [-0.2, -0.15) is 0 Å². The van der Waals surface area contributed by atoms with E-state index < -0.39 is 11.6 Å². The Balaban J connectivity index is 1.61. The lowest BCUT2D eigenvalue weighted by atomic mass is 9.66. The number of hydrogen-bond donors (Lipinski definition) is 1. The molecule has 1 N–H and O–H groups in total. The Bertz CT molecular complexity index is 969. The molecule has 4 saturated heterocycles. The highest BCUT2D eigenvalue weighted by atomic mass is 16.5. The molecule has 1 aromatic carbocycles. The molecule has 5 heterocycles. The topological polar surface area (TPSA) is 71.4 Å². The number of carbonyl (C=O) groups excluding carboxylic acids is 1. The van der Waals surface area contributed by atoms with Crippen LogP contribution in [0.25, 0.3) is 0 Å². The molecule has 0 aromatic heterocycles. The molecule has 146 valence electrons. The standard InChI is InChI=1S/C22H24N2O4/c1-4-12-13-8-16-19-22(14-7-11(27-3)5-6-15(14)23-19)9-17(24(16)21(12)26)18(13)20(22)28-10(2)25/h4-7,13,16-18,20-21,26H,8-9H2,1-3H3. The summed E-state index contributed by atoms with van der Waals surface area (Å²) in [6.45, 7) is 3.49. The normalized spacial score (nSPS) is 45.1. The van der Waals surface area contributed by atoms with Gasteiger partial charge in [-0.25, -0.2) is 0 Å². The lowest BCUT2D eigenvalue weighted by Gasteiger charge is -2.58. The van der Waals surface area contributed by atoms with Crippen LogP contribution in [0.4, 0.5) is 5.69 Å². The van der Waals surface area contributed by atoms with E-state index in [1.165, 1.54) is 6.92 Å². The van der Waals surface area contributed by atoms with Crippen LogP contribution in [0.15, 0.2) is 34.8 Å². The van der Waals surface area contributed by atoms with Gasteiger partial charge in [0.05, 0.1) is 30.0 Å². The van der Waals surface area contributed by atoms with Gasteiger partial charge in [-0.15, -0.1) is 0 Å². The average Bonchev–Trinajstić information content (AvgIpc) is 3.14. The lowest BCUT2D eigenvalue weighted by Crippen LogP contribution is -2.68. The minimum absolute atomic E-state index is 0.0950. The van der Waals surface area contributed by atoms with E-state index in [1.807, 2.05) is 25.1 Å². The van der Waals surface area contributed by atoms with Gasteiger partial charge in [-0.05, 0) is 55.0 Å². The maximum Gasteiger partial charge on any atom is 0.302 e. The Labute approximate surface area is 163 Å². The van der Waals surface area contributed by atoms with Crippen molar-refractivity contribution in [2.75, 3.05) is 7.11 Å². The van der Waals surface area contributed by atoms with Gasteiger partial charge < -0.3 is 14.6 Å². The van der Waals surface area contributed by atoms with Crippen molar-refractivity contribution in [3.8, 4) is 5.75 Å². The van der Waals surface area contributed by atoms with Crippen LogP contribution >= 0.6 is 0 Å². The summed E-state index contributed by atoms with van der Waals surface area (Å²) in [6, 6.07) is 6.29. The molecule has 8 unspecified atom stereocenters. The van der Waals surface area contributed by atoms with Crippen LogP contribution in [-0.2, 0) is 14.9 Å². The fourth-order valence-electron chi connectivity index (χ4n) is 7.04. The first-order valence-corrected chi connectivity index (χ1v) is 10.1. The number of rotatable bonds is 2. The van der Waals surface area contributed by atoms with Crippen molar-refractivity contribution < 1.29 is 19.4 Å². The summed E-state index contributed by atoms with van der Waals surface area (Å²) in [5.74, 6) is 0.954. The van der Waals surface area contributed by atoms with E-state index in [1.54, 1.807) is 7.11 Å². The molecule has 7 rings (SSSR count). The van der Waals surface area contributed by atoms with Crippen LogP contribution in [0.2, 0.25) is 0 Å². The predicted octanol–water partition coefficient (Wildman–Crippen LogP) is 2.32. The Morgan fingerprint density at radius 2 is 2.25 bits per heavy atom. The molecule has 8 atom stereocenters. The molecule has 1 spiro atoms. The fourth-order valence-corrected chi connectivity index (χ4v) is 7.04. The molecule has 28 heavy (non-hydrogen) atoms. The number of ether oxygens (including phenoxy) is 2. The van der Waals surface area contributed by atoms with Crippen molar-refractivity contribution in [1.29, 1.82) is 0 Å². The molecule has 5 aliphatic heterocycles. The molecular weight excluding hydrogens is 356 g/mol. The molecular formula is C22H24N2O4. The molecule has 6 nitrogen and oxygen atoms in total. The second kappa shape index (κ2) is 5.24. The van der Waals surface area contributed by atoms with Gasteiger partial charge >= 0.3 is 5.97 Å². The number of carbonyl (C=O) groups is 1. The summed E-state index contributed by atoms with van der Waals surface area (Å²) in [7, 11) is 1.67. The molecule has 6 heteroatoms. The van der Waals surface area contributed by atoms with E-state index >= 15 is 0 Å². The zero-order valence-electron chi connectivity index (χ0n) is 16.3. The van der Waals surface area contributed by atoms with Crippen molar-refractivity contribution in [3.63, 3.8) is 0 Å². The quantitative estimate of drug-likeness (QED) is 0.630. The minimum Gasteiger partial charge on any atom is -0.497 e. The Kier molecular flexibility index (Phi) is 3.14.